The predicted molar refractivity (Wildman–Crippen MR) is 108 cm³/mol. The molecule has 1 fully saturated rings. The molecule has 0 unspecified atom stereocenters. The Balaban J connectivity index is 1.54. The summed E-state index contributed by atoms with van der Waals surface area (Å²) in [5, 5.41) is 5.06. The molecule has 1 saturated heterocycles. The van der Waals surface area contributed by atoms with Gasteiger partial charge in [-0.05, 0) is 34.5 Å². The number of ether oxygens (including phenoxy) is 1. The van der Waals surface area contributed by atoms with Crippen LogP contribution in [0.1, 0.15) is 22.0 Å². The van der Waals surface area contributed by atoms with E-state index in [2.05, 4.69) is 10.2 Å². The Labute approximate surface area is 163 Å². The molecule has 3 aromatic carbocycles. The Bertz CT molecular complexity index is 947. The third-order valence-corrected chi connectivity index (χ3v) is 5.23. The minimum atomic E-state index is -0.260. The van der Waals surface area contributed by atoms with E-state index in [1.54, 1.807) is 12.1 Å². The van der Waals surface area contributed by atoms with Crippen molar-refractivity contribution in [2.24, 2.45) is 0 Å². The first-order valence-electron chi connectivity index (χ1n) is 9.55. The maximum absolute atomic E-state index is 13.4. The van der Waals surface area contributed by atoms with Crippen molar-refractivity contribution in [2.45, 2.75) is 6.04 Å². The molecule has 144 valence electrons. The van der Waals surface area contributed by atoms with Crippen LogP contribution in [0.5, 0.6) is 0 Å². The highest BCUT2D eigenvalue weighted by Gasteiger charge is 2.23. The summed E-state index contributed by atoms with van der Waals surface area (Å²) in [5.41, 5.74) is 1.65. The first kappa shape index (κ1) is 18.6. The van der Waals surface area contributed by atoms with Gasteiger partial charge in [-0.2, -0.15) is 0 Å². The molecule has 0 aliphatic carbocycles. The van der Waals surface area contributed by atoms with Gasteiger partial charge in [0, 0.05) is 25.2 Å². The Hall–Kier alpha value is -2.76. The van der Waals surface area contributed by atoms with Gasteiger partial charge >= 0.3 is 0 Å². The van der Waals surface area contributed by atoms with E-state index >= 15 is 0 Å². The maximum atomic E-state index is 13.4. The molecule has 0 saturated carbocycles. The molecule has 1 heterocycles. The standard InChI is InChI=1S/C23H23FN2O2/c24-19-10-8-18(9-11-19)22(26-12-14-28-15-13-26)16-25-23(27)21-7-3-5-17-4-1-2-6-20(17)21/h1-11,22H,12-16H2,(H,25,27)/t22-/m1/s1. The van der Waals surface area contributed by atoms with Crippen molar-refractivity contribution < 1.29 is 13.9 Å². The number of amides is 1. The molecule has 28 heavy (non-hydrogen) atoms. The largest absolute Gasteiger partial charge is 0.379 e. The Kier molecular flexibility index (Phi) is 5.65. The predicted octanol–water partition coefficient (Wildman–Crippen LogP) is 3.78. The smallest absolute Gasteiger partial charge is 0.251 e. The number of nitrogens with zero attached hydrogens (tertiary/aromatic N) is 1. The quantitative estimate of drug-likeness (QED) is 0.735. The lowest BCUT2D eigenvalue weighted by molar-refractivity contribution is 0.0162. The fraction of sp³-hybridized carbons (Fsp3) is 0.261. The zero-order chi connectivity index (χ0) is 19.3. The van der Waals surface area contributed by atoms with E-state index in [-0.39, 0.29) is 17.8 Å². The summed E-state index contributed by atoms with van der Waals surface area (Å²) < 4.78 is 18.8. The van der Waals surface area contributed by atoms with Crippen LogP contribution >= 0.6 is 0 Å². The van der Waals surface area contributed by atoms with Crippen LogP contribution in [0.25, 0.3) is 10.8 Å². The van der Waals surface area contributed by atoms with Gasteiger partial charge in [-0.1, -0.05) is 48.5 Å². The molecule has 1 amide bonds. The van der Waals surface area contributed by atoms with Gasteiger partial charge in [0.2, 0.25) is 0 Å². The molecule has 1 N–H and O–H groups in total. The second-order valence-corrected chi connectivity index (χ2v) is 6.95. The fourth-order valence-corrected chi connectivity index (χ4v) is 3.74. The molecule has 5 heteroatoms. The van der Waals surface area contributed by atoms with Crippen LogP contribution < -0.4 is 5.32 Å². The van der Waals surface area contributed by atoms with Crippen LogP contribution in [-0.2, 0) is 4.74 Å². The molecule has 4 rings (SSSR count). The van der Waals surface area contributed by atoms with Crippen LogP contribution in [0.15, 0.2) is 66.7 Å². The molecule has 1 atom stereocenters. The zero-order valence-corrected chi connectivity index (χ0v) is 15.6. The van der Waals surface area contributed by atoms with Crippen molar-refractivity contribution in [1.29, 1.82) is 0 Å². The minimum Gasteiger partial charge on any atom is -0.379 e. The molecular formula is C23H23FN2O2. The molecule has 0 aromatic heterocycles. The highest BCUT2D eigenvalue weighted by atomic mass is 19.1. The van der Waals surface area contributed by atoms with Gasteiger partial charge in [0.1, 0.15) is 5.82 Å². The first-order valence-corrected chi connectivity index (χ1v) is 9.55. The van der Waals surface area contributed by atoms with Gasteiger partial charge in [0.05, 0.1) is 19.3 Å². The third-order valence-electron chi connectivity index (χ3n) is 5.23. The summed E-state index contributed by atoms with van der Waals surface area (Å²) in [6.45, 7) is 3.34. The average Bonchev–Trinajstić information content (AvgIpc) is 2.75. The molecular weight excluding hydrogens is 355 g/mol. The van der Waals surface area contributed by atoms with E-state index in [1.807, 2.05) is 42.5 Å². The summed E-state index contributed by atoms with van der Waals surface area (Å²) in [7, 11) is 0. The second kappa shape index (κ2) is 8.50. The van der Waals surface area contributed by atoms with Gasteiger partial charge in [0.25, 0.3) is 5.91 Å². The number of carbonyl (C=O) groups excluding carboxylic acids is 1. The van der Waals surface area contributed by atoms with Gasteiger partial charge in [0.15, 0.2) is 0 Å². The number of morpholine rings is 1. The molecule has 0 bridgehead atoms. The van der Waals surface area contributed by atoms with Crippen LogP contribution in [0.3, 0.4) is 0 Å². The number of hydrogen-bond acceptors (Lipinski definition) is 3. The van der Waals surface area contributed by atoms with Crippen LogP contribution in [0, 0.1) is 5.82 Å². The number of halogens is 1. The summed E-state index contributed by atoms with van der Waals surface area (Å²) in [4.78, 5) is 15.2. The molecule has 3 aromatic rings. The zero-order valence-electron chi connectivity index (χ0n) is 15.6. The minimum absolute atomic E-state index is 0.0246. The van der Waals surface area contributed by atoms with Crippen LogP contribution in [0.4, 0.5) is 4.39 Å². The van der Waals surface area contributed by atoms with Crippen molar-refractivity contribution in [1.82, 2.24) is 10.2 Å². The van der Waals surface area contributed by atoms with E-state index < -0.39 is 0 Å². The van der Waals surface area contributed by atoms with Gasteiger partial charge in [-0.25, -0.2) is 4.39 Å². The Morgan fingerprint density at radius 3 is 2.50 bits per heavy atom. The molecule has 1 aliphatic heterocycles. The second-order valence-electron chi connectivity index (χ2n) is 6.95. The number of fused-ring (bicyclic) bond motifs is 1. The lowest BCUT2D eigenvalue weighted by Gasteiger charge is -2.35. The summed E-state index contributed by atoms with van der Waals surface area (Å²) >= 11 is 0. The number of hydrogen-bond donors (Lipinski definition) is 1. The lowest BCUT2D eigenvalue weighted by Crippen LogP contribution is -2.43. The van der Waals surface area contributed by atoms with Crippen molar-refractivity contribution >= 4 is 16.7 Å². The average molecular weight is 378 g/mol. The Morgan fingerprint density at radius 1 is 1.00 bits per heavy atom. The molecule has 0 radical (unpaired) electrons. The SMILES string of the molecule is O=C(NC[C@H](c1ccc(F)cc1)N1CCOCC1)c1cccc2ccccc12. The van der Waals surface area contributed by atoms with Gasteiger partial charge in [-0.3, -0.25) is 9.69 Å². The number of rotatable bonds is 5. The molecule has 4 nitrogen and oxygen atoms in total. The number of nitrogens with one attached hydrogen (secondary N) is 1. The number of carbonyl (C=O) groups is 1. The normalized spacial score (nSPS) is 16.0. The topological polar surface area (TPSA) is 41.6 Å². The summed E-state index contributed by atoms with van der Waals surface area (Å²) in [6.07, 6.45) is 0. The first-order chi connectivity index (χ1) is 13.7. The van der Waals surface area contributed by atoms with Gasteiger partial charge in [-0.15, -0.1) is 0 Å². The third kappa shape index (κ3) is 4.06. The monoisotopic (exact) mass is 378 g/mol. The van der Waals surface area contributed by atoms with Crippen LogP contribution in [0.2, 0.25) is 0 Å². The van der Waals surface area contributed by atoms with Crippen molar-refractivity contribution in [3.05, 3.63) is 83.7 Å². The van der Waals surface area contributed by atoms with Gasteiger partial charge < -0.3 is 10.1 Å². The maximum Gasteiger partial charge on any atom is 0.251 e. The summed E-state index contributed by atoms with van der Waals surface area (Å²) in [6, 6.07) is 20.1. The van der Waals surface area contributed by atoms with E-state index in [0.717, 1.165) is 29.4 Å². The highest BCUT2D eigenvalue weighted by Crippen LogP contribution is 2.23. The Morgan fingerprint density at radius 2 is 1.71 bits per heavy atom. The summed E-state index contributed by atoms with van der Waals surface area (Å²) in [5.74, 6) is -0.360. The number of benzene rings is 3. The van der Waals surface area contributed by atoms with E-state index in [1.165, 1.54) is 12.1 Å². The highest BCUT2D eigenvalue weighted by molar-refractivity contribution is 6.07. The lowest BCUT2D eigenvalue weighted by atomic mass is 10.0. The van der Waals surface area contributed by atoms with Crippen LogP contribution in [-0.4, -0.2) is 43.7 Å². The van der Waals surface area contributed by atoms with Crippen molar-refractivity contribution in [2.75, 3.05) is 32.8 Å². The molecule has 1 aliphatic rings. The fourth-order valence-electron chi connectivity index (χ4n) is 3.74. The van der Waals surface area contributed by atoms with E-state index in [9.17, 15) is 9.18 Å². The van der Waals surface area contributed by atoms with E-state index in [0.29, 0.717) is 25.3 Å². The van der Waals surface area contributed by atoms with Crippen molar-refractivity contribution in [3.63, 3.8) is 0 Å². The molecule has 0 spiro atoms. The van der Waals surface area contributed by atoms with E-state index in [4.69, 9.17) is 4.74 Å². The van der Waals surface area contributed by atoms with Crippen molar-refractivity contribution in [3.8, 4) is 0 Å².